The van der Waals surface area contributed by atoms with Crippen LogP contribution in [0.1, 0.15) is 11.5 Å². The van der Waals surface area contributed by atoms with Crippen molar-refractivity contribution >= 4 is 27.8 Å². The van der Waals surface area contributed by atoms with Gasteiger partial charge in [-0.15, -0.1) is 0 Å². The van der Waals surface area contributed by atoms with Gasteiger partial charge in [0.05, 0.1) is 18.0 Å². The Morgan fingerprint density at radius 2 is 1.19 bits per heavy atom. The van der Waals surface area contributed by atoms with Crippen molar-refractivity contribution in [2.45, 2.75) is 18.0 Å². The number of nitrogens with zero attached hydrogens (tertiary/aromatic N) is 2. The largest absolute Gasteiger partial charge is 0.356 e. The molecule has 10 rings (SSSR count). The molecule has 6 aromatic rings. The summed E-state index contributed by atoms with van der Waals surface area (Å²) in [5.41, 5.74) is 13.0. The fraction of sp³-hybridized carbons (Fsp3) is 0.0870. The summed E-state index contributed by atoms with van der Waals surface area (Å²) in [6.07, 6.45) is 14.1. The second kappa shape index (κ2) is 10.9. The Morgan fingerprint density at radius 1 is 0.500 bits per heavy atom. The number of hydrogen-bond donors (Lipinski definition) is 0. The van der Waals surface area contributed by atoms with E-state index in [-0.39, 0.29) is 18.0 Å². The zero-order chi connectivity index (χ0) is 31.6. The van der Waals surface area contributed by atoms with Crippen molar-refractivity contribution in [2.75, 3.05) is 9.80 Å². The van der Waals surface area contributed by atoms with Gasteiger partial charge in [0.2, 0.25) is 0 Å². The van der Waals surface area contributed by atoms with Gasteiger partial charge in [-0.3, -0.25) is 0 Å². The fourth-order valence-corrected chi connectivity index (χ4v) is 8.70. The summed E-state index contributed by atoms with van der Waals surface area (Å²) in [4.78, 5) is 5.21. The molecule has 4 atom stereocenters. The van der Waals surface area contributed by atoms with E-state index < -0.39 is 0 Å². The maximum absolute atomic E-state index is 2.70. The van der Waals surface area contributed by atoms with Crippen LogP contribution in [-0.2, 0) is 0 Å². The molecule has 2 nitrogen and oxygen atoms in total. The van der Waals surface area contributed by atoms with E-state index in [0.717, 1.165) is 0 Å². The Morgan fingerprint density at radius 3 is 2.06 bits per heavy atom. The normalized spacial score (nSPS) is 21.8. The van der Waals surface area contributed by atoms with Crippen LogP contribution in [0, 0.1) is 5.92 Å². The topological polar surface area (TPSA) is 6.48 Å². The monoisotopic (exact) mass is 614 g/mol. The van der Waals surface area contributed by atoms with Gasteiger partial charge in [-0.2, -0.15) is 0 Å². The first kappa shape index (κ1) is 27.3. The predicted octanol–water partition coefficient (Wildman–Crippen LogP) is 11.2. The molecule has 0 spiro atoms. The minimum atomic E-state index is 0.219. The Balaban J connectivity index is 1.06. The molecule has 2 aliphatic heterocycles. The molecule has 228 valence electrons. The third-order valence-corrected chi connectivity index (χ3v) is 10.8. The van der Waals surface area contributed by atoms with Crippen LogP contribution >= 0.6 is 0 Å². The summed E-state index contributed by atoms with van der Waals surface area (Å²) < 4.78 is 0. The molecule has 4 aliphatic rings. The fourth-order valence-electron chi connectivity index (χ4n) is 8.70. The lowest BCUT2D eigenvalue weighted by molar-refractivity contribution is 0.625. The van der Waals surface area contributed by atoms with Gasteiger partial charge in [0.1, 0.15) is 0 Å². The quantitative estimate of drug-likeness (QED) is 0.195. The van der Waals surface area contributed by atoms with Crippen molar-refractivity contribution in [3.05, 3.63) is 199 Å². The Bertz CT molecular complexity index is 2300. The number of para-hydroxylation sites is 1. The van der Waals surface area contributed by atoms with E-state index in [9.17, 15) is 0 Å². The molecule has 48 heavy (non-hydrogen) atoms. The van der Waals surface area contributed by atoms with Gasteiger partial charge in [0, 0.05) is 28.7 Å². The van der Waals surface area contributed by atoms with E-state index in [2.05, 4.69) is 192 Å². The maximum Gasteiger partial charge on any atom is 0.0643 e. The van der Waals surface area contributed by atoms with Gasteiger partial charge in [0.15, 0.2) is 0 Å². The standard InChI is InChI=1S/C46H34N2/c1-2-11-31(12-3-1)32-21-25-36(26-22-32)48-42-19-8-6-16-39(42)40-29-30-44-45(46(40)48)41-17-7-9-20-43(41)47(44)35-27-23-34(24-28-35)38-18-10-14-33-13-4-5-15-37(33)38/h1-30,39,42,45-46H. The SMILES string of the molecule is C1=CC2C3=CC=C4C(c5ccccc5N4c4ccc(-c5cccc6ccccc56)cc4)C3N(c3ccc(-c4ccccc4)cc3)C2C=C1. The van der Waals surface area contributed by atoms with Crippen molar-refractivity contribution < 1.29 is 0 Å². The number of fused-ring (bicyclic) bond motifs is 8. The van der Waals surface area contributed by atoms with Crippen LogP contribution in [0.4, 0.5) is 17.1 Å². The summed E-state index contributed by atoms with van der Waals surface area (Å²) in [5, 5.41) is 2.56. The molecule has 1 saturated heterocycles. The van der Waals surface area contributed by atoms with Crippen LogP contribution < -0.4 is 9.80 Å². The smallest absolute Gasteiger partial charge is 0.0643 e. The lowest BCUT2D eigenvalue weighted by atomic mass is 9.79. The number of rotatable bonds is 4. The van der Waals surface area contributed by atoms with Gasteiger partial charge in [-0.1, -0.05) is 146 Å². The number of benzene rings is 6. The summed E-state index contributed by atoms with van der Waals surface area (Å²) in [5.74, 6) is 0.577. The second-order valence-corrected chi connectivity index (χ2v) is 13.3. The van der Waals surface area contributed by atoms with Crippen LogP contribution in [0.5, 0.6) is 0 Å². The third kappa shape index (κ3) is 4.12. The molecule has 4 unspecified atom stereocenters. The molecule has 0 amide bonds. The van der Waals surface area contributed by atoms with Crippen LogP contribution in [-0.4, -0.2) is 12.1 Å². The number of anilines is 3. The third-order valence-electron chi connectivity index (χ3n) is 10.8. The Hall–Kier alpha value is -5.86. The average molecular weight is 615 g/mol. The van der Waals surface area contributed by atoms with Crippen molar-refractivity contribution in [1.82, 2.24) is 0 Å². The van der Waals surface area contributed by atoms with E-state index >= 15 is 0 Å². The molecule has 0 aromatic heterocycles. The minimum Gasteiger partial charge on any atom is -0.356 e. The maximum atomic E-state index is 2.70. The van der Waals surface area contributed by atoms with E-state index in [4.69, 9.17) is 0 Å². The molecule has 0 N–H and O–H groups in total. The van der Waals surface area contributed by atoms with E-state index in [0.29, 0.717) is 5.92 Å². The molecule has 1 fully saturated rings. The van der Waals surface area contributed by atoms with Gasteiger partial charge in [-0.05, 0) is 80.6 Å². The van der Waals surface area contributed by atoms with Gasteiger partial charge < -0.3 is 9.80 Å². The lowest BCUT2D eigenvalue weighted by Crippen LogP contribution is -2.41. The van der Waals surface area contributed by atoms with E-state index in [1.54, 1.807) is 0 Å². The summed E-state index contributed by atoms with van der Waals surface area (Å²) in [6.45, 7) is 0. The second-order valence-electron chi connectivity index (χ2n) is 13.3. The molecule has 0 bridgehead atoms. The Kier molecular flexibility index (Phi) is 6.17. The Labute approximate surface area is 281 Å². The highest BCUT2D eigenvalue weighted by molar-refractivity contribution is 5.97. The predicted molar refractivity (Wildman–Crippen MR) is 201 cm³/mol. The van der Waals surface area contributed by atoms with Crippen LogP contribution in [0.25, 0.3) is 33.0 Å². The molecule has 6 aromatic carbocycles. The van der Waals surface area contributed by atoms with Crippen molar-refractivity contribution in [2.24, 2.45) is 5.92 Å². The van der Waals surface area contributed by atoms with Crippen molar-refractivity contribution in [3.8, 4) is 22.3 Å². The molecule has 0 radical (unpaired) electrons. The van der Waals surface area contributed by atoms with Crippen LogP contribution in [0.15, 0.2) is 193 Å². The highest BCUT2D eigenvalue weighted by atomic mass is 15.3. The zero-order valence-electron chi connectivity index (χ0n) is 26.5. The van der Waals surface area contributed by atoms with Crippen LogP contribution in [0.2, 0.25) is 0 Å². The van der Waals surface area contributed by atoms with Crippen molar-refractivity contribution in [3.63, 3.8) is 0 Å². The van der Waals surface area contributed by atoms with E-state index in [1.807, 2.05) is 0 Å². The average Bonchev–Trinajstić information content (AvgIpc) is 3.68. The summed E-state index contributed by atoms with van der Waals surface area (Å²) >= 11 is 0. The van der Waals surface area contributed by atoms with Crippen LogP contribution in [0.3, 0.4) is 0 Å². The summed E-state index contributed by atoms with van der Waals surface area (Å²) in [7, 11) is 0. The minimum absolute atomic E-state index is 0.219. The first-order chi connectivity index (χ1) is 23.8. The highest BCUT2D eigenvalue weighted by Crippen LogP contribution is 2.57. The first-order valence-electron chi connectivity index (χ1n) is 17.0. The van der Waals surface area contributed by atoms with Gasteiger partial charge in [0.25, 0.3) is 0 Å². The molecular formula is C46H34N2. The summed E-state index contributed by atoms with van der Waals surface area (Å²) in [6, 6.07) is 53.9. The molecule has 0 saturated carbocycles. The zero-order valence-corrected chi connectivity index (χ0v) is 26.5. The molecule has 2 heterocycles. The number of hydrogen-bond acceptors (Lipinski definition) is 2. The van der Waals surface area contributed by atoms with Crippen molar-refractivity contribution in [1.29, 1.82) is 0 Å². The van der Waals surface area contributed by atoms with Gasteiger partial charge >= 0.3 is 0 Å². The number of allylic oxidation sites excluding steroid dienone is 4. The molecule has 2 aliphatic carbocycles. The van der Waals surface area contributed by atoms with E-state index in [1.165, 1.54) is 66.9 Å². The lowest BCUT2D eigenvalue weighted by Gasteiger charge is -2.37. The molecular weight excluding hydrogens is 581 g/mol. The molecule has 2 heteroatoms. The van der Waals surface area contributed by atoms with Gasteiger partial charge in [-0.25, -0.2) is 0 Å². The highest BCUT2D eigenvalue weighted by Gasteiger charge is 2.52. The first-order valence-corrected chi connectivity index (χ1v) is 17.0.